The van der Waals surface area contributed by atoms with Crippen molar-refractivity contribution in [1.29, 1.82) is 5.26 Å². The van der Waals surface area contributed by atoms with E-state index in [0.29, 0.717) is 56.7 Å². The number of hydrogen-bond acceptors (Lipinski definition) is 5. The van der Waals surface area contributed by atoms with Crippen LogP contribution in [0.25, 0.3) is 0 Å². The monoisotopic (exact) mass is 484 g/mol. The normalized spacial score (nSPS) is 24.2. The van der Waals surface area contributed by atoms with Crippen molar-refractivity contribution < 1.29 is 22.7 Å². The molecule has 2 aliphatic heterocycles. The first-order valence-electron chi connectivity index (χ1n) is 11.9. The molecule has 35 heavy (non-hydrogen) atoms. The van der Waals surface area contributed by atoms with Crippen LogP contribution in [-0.2, 0) is 10.9 Å². The smallest absolute Gasteiger partial charge is 0.380 e. The molecule has 0 radical (unpaired) electrons. The molecule has 1 amide bonds. The van der Waals surface area contributed by atoms with Crippen LogP contribution < -0.4 is 4.90 Å². The number of hydrogen-bond donors (Lipinski definition) is 0. The van der Waals surface area contributed by atoms with Gasteiger partial charge in [0.1, 0.15) is 5.69 Å². The van der Waals surface area contributed by atoms with Gasteiger partial charge < -0.3 is 14.5 Å². The SMILES string of the molecule is N#Cc1ccc(N2C[C@@H]3CCN(C(=O)c4ccccn4)C[C@]3(COCC3CC3)C2)cc1C(F)(F)F. The lowest BCUT2D eigenvalue weighted by atomic mass is 9.74. The lowest BCUT2D eigenvalue weighted by molar-refractivity contribution is -0.137. The first-order chi connectivity index (χ1) is 16.8. The molecule has 0 spiro atoms. The largest absolute Gasteiger partial charge is 0.417 e. The number of nitrogens with zero attached hydrogens (tertiary/aromatic N) is 4. The minimum atomic E-state index is -4.61. The van der Waals surface area contributed by atoms with Gasteiger partial charge in [0.15, 0.2) is 0 Å². The van der Waals surface area contributed by atoms with Gasteiger partial charge in [-0.3, -0.25) is 9.78 Å². The highest BCUT2D eigenvalue weighted by Gasteiger charge is 2.51. The molecular weight excluding hydrogens is 457 g/mol. The van der Waals surface area contributed by atoms with Crippen LogP contribution in [0.1, 0.15) is 40.9 Å². The van der Waals surface area contributed by atoms with E-state index in [0.717, 1.165) is 25.3 Å². The lowest BCUT2D eigenvalue weighted by Crippen LogP contribution is -2.53. The Morgan fingerprint density at radius 2 is 2.03 bits per heavy atom. The zero-order valence-electron chi connectivity index (χ0n) is 19.3. The van der Waals surface area contributed by atoms with E-state index >= 15 is 0 Å². The number of halogens is 3. The predicted molar refractivity (Wildman–Crippen MR) is 123 cm³/mol. The van der Waals surface area contributed by atoms with Gasteiger partial charge in [0.05, 0.1) is 23.8 Å². The van der Waals surface area contributed by atoms with E-state index in [1.165, 1.54) is 6.07 Å². The molecule has 2 aromatic rings. The highest BCUT2D eigenvalue weighted by molar-refractivity contribution is 5.92. The summed E-state index contributed by atoms with van der Waals surface area (Å²) in [6, 6.07) is 10.8. The molecule has 0 N–H and O–H groups in total. The van der Waals surface area contributed by atoms with Gasteiger partial charge in [-0.2, -0.15) is 18.4 Å². The summed E-state index contributed by atoms with van der Waals surface area (Å²) in [5.41, 5.74) is -0.860. The lowest BCUT2D eigenvalue weighted by Gasteiger charge is -2.43. The molecular formula is C26H27F3N4O2. The number of alkyl halides is 3. The molecule has 3 fully saturated rings. The van der Waals surface area contributed by atoms with Crippen LogP contribution in [0.3, 0.4) is 0 Å². The van der Waals surface area contributed by atoms with Crippen LogP contribution in [0.2, 0.25) is 0 Å². The number of anilines is 1. The summed E-state index contributed by atoms with van der Waals surface area (Å²) in [4.78, 5) is 21.1. The Labute approximate surface area is 202 Å². The summed E-state index contributed by atoms with van der Waals surface area (Å²) in [5, 5.41) is 9.15. The molecule has 2 atom stereocenters. The molecule has 1 aliphatic carbocycles. The van der Waals surface area contributed by atoms with Gasteiger partial charge in [-0.05, 0) is 61.4 Å². The zero-order chi connectivity index (χ0) is 24.6. The second-order valence-electron chi connectivity index (χ2n) is 9.97. The summed E-state index contributed by atoms with van der Waals surface area (Å²) < 4.78 is 46.9. The number of pyridine rings is 1. The predicted octanol–water partition coefficient (Wildman–Crippen LogP) is 4.37. The molecule has 3 aliphatic rings. The summed E-state index contributed by atoms with van der Waals surface area (Å²) in [6.45, 7) is 3.24. The molecule has 3 heterocycles. The third kappa shape index (κ3) is 4.85. The van der Waals surface area contributed by atoms with Gasteiger partial charge in [-0.1, -0.05) is 6.07 Å². The van der Waals surface area contributed by atoms with E-state index in [9.17, 15) is 18.0 Å². The second-order valence-corrected chi connectivity index (χ2v) is 9.97. The van der Waals surface area contributed by atoms with Crippen molar-refractivity contribution in [1.82, 2.24) is 9.88 Å². The Bertz CT molecular complexity index is 1130. The van der Waals surface area contributed by atoms with E-state index < -0.39 is 11.7 Å². The first-order valence-corrected chi connectivity index (χ1v) is 11.9. The number of ether oxygens (including phenoxy) is 1. The number of fused-ring (bicyclic) bond motifs is 1. The Morgan fingerprint density at radius 3 is 2.71 bits per heavy atom. The number of likely N-dealkylation sites (tertiary alicyclic amines) is 1. The minimum Gasteiger partial charge on any atom is -0.380 e. The van der Waals surface area contributed by atoms with Gasteiger partial charge in [-0.25, -0.2) is 0 Å². The Morgan fingerprint density at radius 1 is 1.20 bits per heavy atom. The highest BCUT2D eigenvalue weighted by Crippen LogP contribution is 2.45. The topological polar surface area (TPSA) is 69.5 Å². The van der Waals surface area contributed by atoms with Crippen LogP contribution in [-0.4, -0.2) is 55.2 Å². The van der Waals surface area contributed by atoms with Crippen molar-refractivity contribution in [2.75, 3.05) is 44.3 Å². The first kappa shape index (κ1) is 23.6. The van der Waals surface area contributed by atoms with E-state index in [2.05, 4.69) is 4.98 Å². The molecule has 6 nitrogen and oxygen atoms in total. The number of carbonyl (C=O) groups excluding carboxylic acids is 1. The number of aromatic nitrogens is 1. The Balaban J connectivity index is 1.40. The van der Waals surface area contributed by atoms with Crippen LogP contribution in [0.5, 0.6) is 0 Å². The summed E-state index contributed by atoms with van der Waals surface area (Å²) in [7, 11) is 0. The van der Waals surface area contributed by atoms with Crippen molar-refractivity contribution in [2.45, 2.75) is 25.4 Å². The van der Waals surface area contributed by atoms with Gasteiger partial charge in [0.25, 0.3) is 5.91 Å². The maximum Gasteiger partial charge on any atom is 0.417 e. The van der Waals surface area contributed by atoms with Crippen molar-refractivity contribution in [3.8, 4) is 6.07 Å². The summed E-state index contributed by atoms with van der Waals surface area (Å²) >= 11 is 0. The summed E-state index contributed by atoms with van der Waals surface area (Å²) in [6.07, 6.45) is 0.0559. The molecule has 0 unspecified atom stereocenters. The third-order valence-electron chi connectivity index (χ3n) is 7.47. The maximum absolute atomic E-state index is 13.6. The average molecular weight is 485 g/mol. The van der Waals surface area contributed by atoms with Gasteiger partial charge in [-0.15, -0.1) is 0 Å². The number of amides is 1. The molecule has 1 aromatic heterocycles. The van der Waals surface area contributed by atoms with Crippen LogP contribution in [0, 0.1) is 28.6 Å². The van der Waals surface area contributed by atoms with Crippen LogP contribution in [0.15, 0.2) is 42.6 Å². The number of rotatable bonds is 6. The Kier molecular flexibility index (Phi) is 6.18. The molecule has 1 saturated carbocycles. The standard InChI is InChI=1S/C26H27F3N4O2/c27-26(28,29)22-11-21(7-6-19(22)12-30)33-13-20-8-10-32(24(34)23-3-1-2-9-31-23)15-25(20,16-33)17-35-14-18-4-5-18/h1-3,6-7,9,11,18,20H,4-5,8,10,13-17H2/t20-,25+/m0/s1. The highest BCUT2D eigenvalue weighted by atomic mass is 19.4. The maximum atomic E-state index is 13.6. The Hall–Kier alpha value is -3.12. The summed E-state index contributed by atoms with van der Waals surface area (Å²) in [5.74, 6) is 0.631. The number of nitriles is 1. The fraction of sp³-hybridized carbons (Fsp3) is 0.500. The number of piperidine rings is 1. The molecule has 0 bridgehead atoms. The van der Waals surface area contributed by atoms with Crippen molar-refractivity contribution >= 4 is 11.6 Å². The number of benzene rings is 1. The third-order valence-corrected chi connectivity index (χ3v) is 7.47. The van der Waals surface area contributed by atoms with E-state index in [1.54, 1.807) is 36.5 Å². The molecule has 5 rings (SSSR count). The van der Waals surface area contributed by atoms with Crippen molar-refractivity contribution in [3.63, 3.8) is 0 Å². The average Bonchev–Trinajstić information content (AvgIpc) is 3.60. The van der Waals surface area contributed by atoms with E-state index in [1.807, 2.05) is 9.80 Å². The van der Waals surface area contributed by atoms with Gasteiger partial charge in [0.2, 0.25) is 0 Å². The van der Waals surface area contributed by atoms with E-state index in [4.69, 9.17) is 10.00 Å². The van der Waals surface area contributed by atoms with Crippen molar-refractivity contribution in [2.24, 2.45) is 17.3 Å². The van der Waals surface area contributed by atoms with Crippen LogP contribution >= 0.6 is 0 Å². The minimum absolute atomic E-state index is 0.137. The van der Waals surface area contributed by atoms with E-state index in [-0.39, 0.29) is 22.8 Å². The number of carbonyl (C=O) groups is 1. The fourth-order valence-electron chi connectivity index (χ4n) is 5.39. The van der Waals surface area contributed by atoms with Crippen LogP contribution in [0.4, 0.5) is 18.9 Å². The molecule has 1 aromatic carbocycles. The van der Waals surface area contributed by atoms with Crippen molar-refractivity contribution in [3.05, 3.63) is 59.4 Å². The fourth-order valence-corrected chi connectivity index (χ4v) is 5.39. The second kappa shape index (κ2) is 9.15. The quantitative estimate of drug-likeness (QED) is 0.609. The molecule has 9 heteroatoms. The molecule has 184 valence electrons. The zero-order valence-corrected chi connectivity index (χ0v) is 19.3. The molecule has 2 saturated heterocycles. The van der Waals surface area contributed by atoms with Gasteiger partial charge >= 0.3 is 6.18 Å². The van der Waals surface area contributed by atoms with Gasteiger partial charge in [0, 0.05) is 50.1 Å².